The zero-order valence-electron chi connectivity index (χ0n) is 10.0. The highest BCUT2D eigenvalue weighted by molar-refractivity contribution is 5.24. The van der Waals surface area contributed by atoms with Gasteiger partial charge in [-0.15, -0.1) is 0 Å². The largest absolute Gasteiger partial charge is 0.396 e. The summed E-state index contributed by atoms with van der Waals surface area (Å²) in [4.78, 5) is 2.46. The fraction of sp³-hybridized carbons (Fsp3) is 0.571. The van der Waals surface area contributed by atoms with Crippen LogP contribution in [-0.4, -0.2) is 36.2 Å². The molecule has 0 aliphatic carbocycles. The first kappa shape index (κ1) is 11.6. The summed E-state index contributed by atoms with van der Waals surface area (Å²) >= 11 is 0. The molecule has 1 N–H and O–H groups in total. The maximum absolute atomic E-state index is 9.48. The van der Waals surface area contributed by atoms with E-state index in [1.807, 2.05) is 0 Å². The quantitative estimate of drug-likeness (QED) is 0.839. The minimum Gasteiger partial charge on any atom is -0.396 e. The van der Waals surface area contributed by atoms with E-state index in [9.17, 15) is 5.11 Å². The zero-order valence-corrected chi connectivity index (χ0v) is 10.0. The number of rotatable bonds is 4. The lowest BCUT2D eigenvalue weighted by atomic mass is 9.98. The molecule has 1 fully saturated rings. The number of hydrogen-bond acceptors (Lipinski definition) is 2. The second-order valence-corrected chi connectivity index (χ2v) is 4.80. The van der Waals surface area contributed by atoms with Crippen molar-refractivity contribution in [1.82, 2.24) is 4.90 Å². The number of aliphatic hydroxyl groups is 1. The fourth-order valence-corrected chi connectivity index (χ4v) is 2.38. The number of benzene rings is 1. The molecule has 0 saturated carbocycles. The monoisotopic (exact) mass is 219 g/mol. The first-order chi connectivity index (χ1) is 7.79. The van der Waals surface area contributed by atoms with E-state index in [0.29, 0.717) is 0 Å². The third-order valence-corrected chi connectivity index (χ3v) is 3.45. The molecule has 1 aromatic carbocycles. The predicted molar refractivity (Wildman–Crippen MR) is 66.7 cm³/mol. The standard InChI is InChI=1S/C14H21NO/c1-12-4-6-13(7-5-12)14(11-16)10-15-8-2-3-9-15/h4-7,14,16H,2-3,8-11H2,1H3. The lowest BCUT2D eigenvalue weighted by Gasteiger charge is -2.22. The first-order valence-electron chi connectivity index (χ1n) is 6.19. The van der Waals surface area contributed by atoms with Gasteiger partial charge in [-0.05, 0) is 38.4 Å². The van der Waals surface area contributed by atoms with Crippen molar-refractivity contribution in [3.05, 3.63) is 35.4 Å². The van der Waals surface area contributed by atoms with Crippen LogP contribution in [0, 0.1) is 6.92 Å². The van der Waals surface area contributed by atoms with E-state index in [1.165, 1.54) is 37.1 Å². The van der Waals surface area contributed by atoms with Crippen molar-refractivity contribution in [1.29, 1.82) is 0 Å². The zero-order chi connectivity index (χ0) is 11.4. The molecule has 88 valence electrons. The van der Waals surface area contributed by atoms with Gasteiger partial charge in [-0.1, -0.05) is 29.8 Å². The van der Waals surface area contributed by atoms with Crippen molar-refractivity contribution in [2.24, 2.45) is 0 Å². The molecule has 0 bridgehead atoms. The van der Waals surface area contributed by atoms with Crippen molar-refractivity contribution in [3.8, 4) is 0 Å². The highest BCUT2D eigenvalue weighted by atomic mass is 16.3. The van der Waals surface area contributed by atoms with Gasteiger partial charge in [0.15, 0.2) is 0 Å². The van der Waals surface area contributed by atoms with Gasteiger partial charge in [0.05, 0.1) is 6.61 Å². The molecule has 2 nitrogen and oxygen atoms in total. The van der Waals surface area contributed by atoms with Crippen LogP contribution in [0.15, 0.2) is 24.3 Å². The van der Waals surface area contributed by atoms with Gasteiger partial charge < -0.3 is 10.0 Å². The Labute approximate surface area is 97.9 Å². The minimum atomic E-state index is 0.250. The molecule has 1 unspecified atom stereocenters. The fourth-order valence-electron chi connectivity index (χ4n) is 2.38. The molecule has 1 saturated heterocycles. The highest BCUT2D eigenvalue weighted by Crippen LogP contribution is 2.19. The predicted octanol–water partition coefficient (Wildman–Crippen LogP) is 2.17. The molecule has 2 rings (SSSR count). The molecule has 0 radical (unpaired) electrons. The Morgan fingerprint density at radius 2 is 1.81 bits per heavy atom. The van der Waals surface area contributed by atoms with Gasteiger partial charge in [0.25, 0.3) is 0 Å². The van der Waals surface area contributed by atoms with E-state index < -0.39 is 0 Å². The molecule has 0 aromatic heterocycles. The molecule has 1 atom stereocenters. The normalized spacial score (nSPS) is 18.9. The van der Waals surface area contributed by atoms with Crippen LogP contribution in [-0.2, 0) is 0 Å². The Morgan fingerprint density at radius 1 is 1.19 bits per heavy atom. The third-order valence-electron chi connectivity index (χ3n) is 3.45. The number of hydrogen-bond donors (Lipinski definition) is 1. The van der Waals surface area contributed by atoms with Gasteiger partial charge in [0.1, 0.15) is 0 Å². The highest BCUT2D eigenvalue weighted by Gasteiger charge is 2.18. The first-order valence-corrected chi connectivity index (χ1v) is 6.19. The molecule has 1 heterocycles. The van der Waals surface area contributed by atoms with Gasteiger partial charge in [-0.25, -0.2) is 0 Å². The topological polar surface area (TPSA) is 23.5 Å². The third kappa shape index (κ3) is 2.83. The maximum Gasteiger partial charge on any atom is 0.0512 e. The molecule has 1 aromatic rings. The number of aliphatic hydroxyl groups excluding tert-OH is 1. The molecule has 16 heavy (non-hydrogen) atoms. The van der Waals surface area contributed by atoms with Gasteiger partial charge in [-0.2, -0.15) is 0 Å². The Morgan fingerprint density at radius 3 is 2.38 bits per heavy atom. The van der Waals surface area contributed by atoms with E-state index >= 15 is 0 Å². The lowest BCUT2D eigenvalue weighted by molar-refractivity contribution is 0.220. The number of likely N-dealkylation sites (tertiary alicyclic amines) is 1. The number of nitrogens with zero attached hydrogens (tertiary/aromatic N) is 1. The van der Waals surface area contributed by atoms with Crippen LogP contribution in [0.25, 0.3) is 0 Å². The van der Waals surface area contributed by atoms with Crippen LogP contribution in [0.4, 0.5) is 0 Å². The van der Waals surface area contributed by atoms with Crippen molar-refractivity contribution in [2.75, 3.05) is 26.2 Å². The summed E-state index contributed by atoms with van der Waals surface area (Å²) in [6.07, 6.45) is 2.62. The van der Waals surface area contributed by atoms with Crippen LogP contribution >= 0.6 is 0 Å². The summed E-state index contributed by atoms with van der Waals surface area (Å²) in [6.45, 7) is 5.74. The summed E-state index contributed by atoms with van der Waals surface area (Å²) in [6, 6.07) is 8.54. The van der Waals surface area contributed by atoms with Crippen LogP contribution in [0.3, 0.4) is 0 Å². The van der Waals surface area contributed by atoms with Crippen molar-refractivity contribution in [3.63, 3.8) is 0 Å². The maximum atomic E-state index is 9.48. The van der Waals surface area contributed by atoms with Crippen LogP contribution in [0.5, 0.6) is 0 Å². The minimum absolute atomic E-state index is 0.250. The second-order valence-electron chi connectivity index (χ2n) is 4.80. The smallest absolute Gasteiger partial charge is 0.0512 e. The van der Waals surface area contributed by atoms with Gasteiger partial charge in [0, 0.05) is 12.5 Å². The average Bonchev–Trinajstić information content (AvgIpc) is 2.80. The van der Waals surface area contributed by atoms with E-state index in [0.717, 1.165) is 6.54 Å². The number of aryl methyl sites for hydroxylation is 1. The van der Waals surface area contributed by atoms with Gasteiger partial charge in [-0.3, -0.25) is 0 Å². The molecule has 0 spiro atoms. The molecule has 0 amide bonds. The second kappa shape index (κ2) is 5.46. The Bertz CT molecular complexity index is 314. The van der Waals surface area contributed by atoms with E-state index in [4.69, 9.17) is 0 Å². The molecule has 1 aliphatic heterocycles. The van der Waals surface area contributed by atoms with E-state index in [-0.39, 0.29) is 12.5 Å². The van der Waals surface area contributed by atoms with Crippen LogP contribution < -0.4 is 0 Å². The van der Waals surface area contributed by atoms with Crippen molar-refractivity contribution < 1.29 is 5.11 Å². The van der Waals surface area contributed by atoms with Crippen LogP contribution in [0.2, 0.25) is 0 Å². The summed E-state index contributed by atoms with van der Waals surface area (Å²) < 4.78 is 0. The molecular formula is C14H21NO. The van der Waals surface area contributed by atoms with Gasteiger partial charge >= 0.3 is 0 Å². The molecule has 2 heteroatoms. The summed E-state index contributed by atoms with van der Waals surface area (Å²) in [5.74, 6) is 0.277. The Hall–Kier alpha value is -0.860. The summed E-state index contributed by atoms with van der Waals surface area (Å²) in [5.41, 5.74) is 2.54. The SMILES string of the molecule is Cc1ccc(C(CO)CN2CCCC2)cc1. The molecular weight excluding hydrogens is 198 g/mol. The van der Waals surface area contributed by atoms with Crippen molar-refractivity contribution >= 4 is 0 Å². The lowest BCUT2D eigenvalue weighted by Crippen LogP contribution is -2.27. The van der Waals surface area contributed by atoms with Crippen LogP contribution in [0.1, 0.15) is 29.9 Å². The summed E-state index contributed by atoms with van der Waals surface area (Å²) in [5, 5.41) is 9.48. The van der Waals surface area contributed by atoms with E-state index in [1.54, 1.807) is 0 Å². The Kier molecular flexibility index (Phi) is 3.97. The van der Waals surface area contributed by atoms with Gasteiger partial charge in [0.2, 0.25) is 0 Å². The average molecular weight is 219 g/mol. The molecule has 1 aliphatic rings. The van der Waals surface area contributed by atoms with Crippen molar-refractivity contribution in [2.45, 2.75) is 25.7 Å². The van der Waals surface area contributed by atoms with E-state index in [2.05, 4.69) is 36.1 Å². The summed E-state index contributed by atoms with van der Waals surface area (Å²) in [7, 11) is 0. The Balaban J connectivity index is 2.00.